The van der Waals surface area contributed by atoms with Crippen LogP contribution in [0.1, 0.15) is 22.3 Å². The Morgan fingerprint density at radius 2 is 0.852 bits per heavy atom. The van der Waals surface area contributed by atoms with Gasteiger partial charge in [-0.1, -0.05) is 170 Å². The molecule has 12 rings (SSSR count). The van der Waals surface area contributed by atoms with E-state index in [0.717, 1.165) is 22.2 Å². The zero-order valence-electron chi connectivity index (χ0n) is 29.1. The molecule has 2 aliphatic rings. The first-order valence-electron chi connectivity index (χ1n) is 18.5. The average molecular weight is 687 g/mol. The molecule has 0 amide bonds. The van der Waals surface area contributed by atoms with E-state index in [0.29, 0.717) is 17.6 Å². The Hall–Kier alpha value is -7.17. The van der Waals surface area contributed by atoms with Crippen molar-refractivity contribution in [2.24, 2.45) is 0 Å². The van der Waals surface area contributed by atoms with Gasteiger partial charge in [-0.25, -0.2) is 4.98 Å². The summed E-state index contributed by atoms with van der Waals surface area (Å²) in [6.45, 7) is 0. The summed E-state index contributed by atoms with van der Waals surface area (Å²) in [6, 6.07) is 65.4. The van der Waals surface area contributed by atoms with Crippen molar-refractivity contribution >= 4 is 32.6 Å². The van der Waals surface area contributed by atoms with Crippen molar-refractivity contribution in [1.82, 2.24) is 19.5 Å². The normalized spacial score (nSPS) is 13.3. The molecule has 0 saturated carbocycles. The van der Waals surface area contributed by atoms with E-state index in [9.17, 15) is 0 Å². The maximum absolute atomic E-state index is 5.30. The maximum atomic E-state index is 5.30. The van der Waals surface area contributed by atoms with Crippen molar-refractivity contribution in [2.45, 2.75) is 5.41 Å². The number of benzene rings is 8. The van der Waals surface area contributed by atoms with Crippen LogP contribution in [0.5, 0.6) is 0 Å². The Morgan fingerprint density at radius 3 is 1.46 bits per heavy atom. The van der Waals surface area contributed by atoms with Crippen LogP contribution in [0.2, 0.25) is 0 Å². The first-order chi connectivity index (χ1) is 26.8. The third-order valence-electron chi connectivity index (χ3n) is 11.6. The molecule has 2 aliphatic carbocycles. The molecule has 0 aliphatic heterocycles. The van der Waals surface area contributed by atoms with Gasteiger partial charge >= 0.3 is 0 Å². The minimum atomic E-state index is -0.517. The summed E-state index contributed by atoms with van der Waals surface area (Å²) in [5.41, 5.74) is 13.7. The third kappa shape index (κ3) is 3.79. The largest absolute Gasteiger partial charge is 0.278 e. The topological polar surface area (TPSA) is 43.6 Å². The quantitative estimate of drug-likeness (QED) is 0.185. The molecule has 0 bridgehead atoms. The highest BCUT2D eigenvalue weighted by Crippen LogP contribution is 2.62. The number of hydrogen-bond acceptors (Lipinski definition) is 3. The van der Waals surface area contributed by atoms with Gasteiger partial charge in [0.05, 0.1) is 16.4 Å². The zero-order chi connectivity index (χ0) is 35.4. The van der Waals surface area contributed by atoms with Crippen molar-refractivity contribution in [1.29, 1.82) is 0 Å². The van der Waals surface area contributed by atoms with Crippen LogP contribution < -0.4 is 0 Å². The molecule has 2 aromatic heterocycles. The first-order valence-corrected chi connectivity index (χ1v) is 18.5. The second kappa shape index (κ2) is 10.9. The summed E-state index contributed by atoms with van der Waals surface area (Å²) in [5.74, 6) is 1.87. The van der Waals surface area contributed by atoms with Crippen LogP contribution >= 0.6 is 0 Å². The maximum Gasteiger partial charge on any atom is 0.238 e. The van der Waals surface area contributed by atoms with Crippen molar-refractivity contribution in [3.8, 4) is 51.0 Å². The number of aromatic nitrogens is 4. The fourth-order valence-electron chi connectivity index (χ4n) is 9.56. The van der Waals surface area contributed by atoms with Crippen molar-refractivity contribution in [3.05, 3.63) is 204 Å². The van der Waals surface area contributed by atoms with E-state index in [-0.39, 0.29) is 0 Å². The average Bonchev–Trinajstić information content (AvgIpc) is 3.74. The van der Waals surface area contributed by atoms with E-state index in [1.165, 1.54) is 66.1 Å². The lowest BCUT2D eigenvalue weighted by atomic mass is 9.63. The minimum Gasteiger partial charge on any atom is -0.278 e. The Labute approximate surface area is 311 Å². The number of hydrogen-bond donors (Lipinski definition) is 0. The lowest BCUT2D eigenvalue weighted by molar-refractivity contribution is 0.783. The van der Waals surface area contributed by atoms with Crippen LogP contribution in [-0.2, 0) is 5.41 Å². The minimum absolute atomic E-state index is 0.517. The lowest BCUT2D eigenvalue weighted by Crippen LogP contribution is -2.30. The lowest BCUT2D eigenvalue weighted by Gasteiger charge is -2.38. The summed E-state index contributed by atoms with van der Waals surface area (Å²) in [7, 11) is 0. The van der Waals surface area contributed by atoms with E-state index in [2.05, 4.69) is 150 Å². The van der Waals surface area contributed by atoms with Crippen LogP contribution in [-0.4, -0.2) is 19.5 Å². The molecule has 8 aromatic carbocycles. The van der Waals surface area contributed by atoms with Gasteiger partial charge in [0.25, 0.3) is 0 Å². The van der Waals surface area contributed by atoms with E-state index in [1.807, 2.05) is 36.4 Å². The van der Waals surface area contributed by atoms with Crippen LogP contribution in [0.25, 0.3) is 83.6 Å². The van der Waals surface area contributed by atoms with Crippen molar-refractivity contribution in [2.75, 3.05) is 0 Å². The standard InChI is InChI=1S/C50H30N4/c1-4-16-31(17-5-1)37-30-43-46-44-36(37)24-14-27-40(44)50(38-25-12-10-22-34(38)35-23-11-13-26-39(35)50)41-28-15-29-42(45(41)46)54(43)49-52-47(32-18-6-2-7-19-32)51-48(53-49)33-20-8-3-9-21-33/h1-30H. The molecule has 54 heavy (non-hydrogen) atoms. The van der Waals surface area contributed by atoms with E-state index < -0.39 is 5.41 Å². The van der Waals surface area contributed by atoms with E-state index in [1.54, 1.807) is 0 Å². The highest BCUT2D eigenvalue weighted by atomic mass is 15.2. The SMILES string of the molecule is c1ccc(-c2nc(-c3ccccc3)nc(-n3c4cccc5c4c4c6c(cccc6c(-c6ccccc6)cc43)C53c4ccccc4-c4ccccc43)n2)cc1. The molecule has 0 N–H and O–H groups in total. The summed E-state index contributed by atoms with van der Waals surface area (Å²) in [6.07, 6.45) is 0. The van der Waals surface area contributed by atoms with Crippen molar-refractivity contribution in [3.63, 3.8) is 0 Å². The monoisotopic (exact) mass is 686 g/mol. The second-order valence-corrected chi connectivity index (χ2v) is 14.3. The predicted octanol–water partition coefficient (Wildman–Crippen LogP) is 11.8. The molecule has 0 fully saturated rings. The van der Waals surface area contributed by atoms with Gasteiger partial charge < -0.3 is 0 Å². The van der Waals surface area contributed by atoms with Crippen LogP contribution in [0.4, 0.5) is 0 Å². The van der Waals surface area contributed by atoms with Gasteiger partial charge in [0.15, 0.2) is 11.6 Å². The Balaban J connectivity index is 1.29. The second-order valence-electron chi connectivity index (χ2n) is 14.3. The van der Waals surface area contributed by atoms with Gasteiger partial charge in [0, 0.05) is 21.9 Å². The Kier molecular flexibility index (Phi) is 5.95. The van der Waals surface area contributed by atoms with E-state index >= 15 is 0 Å². The van der Waals surface area contributed by atoms with Gasteiger partial charge in [-0.15, -0.1) is 0 Å². The number of rotatable bonds is 4. The highest BCUT2D eigenvalue weighted by molar-refractivity contribution is 6.28. The molecule has 0 radical (unpaired) electrons. The molecule has 1 spiro atoms. The van der Waals surface area contributed by atoms with E-state index in [4.69, 9.17) is 15.0 Å². The Morgan fingerprint density at radius 1 is 0.352 bits per heavy atom. The van der Waals surface area contributed by atoms with Crippen molar-refractivity contribution < 1.29 is 0 Å². The third-order valence-corrected chi connectivity index (χ3v) is 11.6. The highest BCUT2D eigenvalue weighted by Gasteiger charge is 2.50. The summed E-state index contributed by atoms with van der Waals surface area (Å²) < 4.78 is 2.29. The molecule has 4 nitrogen and oxygen atoms in total. The van der Waals surface area contributed by atoms with Gasteiger partial charge in [0.2, 0.25) is 5.95 Å². The van der Waals surface area contributed by atoms with Gasteiger partial charge in [-0.3, -0.25) is 4.57 Å². The fourth-order valence-corrected chi connectivity index (χ4v) is 9.56. The predicted molar refractivity (Wildman–Crippen MR) is 219 cm³/mol. The molecular formula is C50H30N4. The fraction of sp³-hybridized carbons (Fsp3) is 0.0200. The van der Waals surface area contributed by atoms with Crippen LogP contribution in [0, 0.1) is 0 Å². The van der Waals surface area contributed by atoms with Gasteiger partial charge in [-0.05, 0) is 67.4 Å². The molecule has 0 saturated heterocycles. The zero-order valence-corrected chi connectivity index (χ0v) is 29.1. The molecule has 250 valence electrons. The van der Waals surface area contributed by atoms with Crippen LogP contribution in [0.3, 0.4) is 0 Å². The molecule has 0 unspecified atom stereocenters. The number of nitrogens with zero attached hydrogens (tertiary/aromatic N) is 4. The molecule has 2 heterocycles. The number of fused-ring (bicyclic) bond motifs is 7. The molecular weight excluding hydrogens is 657 g/mol. The summed E-state index contributed by atoms with van der Waals surface area (Å²) >= 11 is 0. The Bertz CT molecular complexity index is 3040. The summed E-state index contributed by atoms with van der Waals surface area (Å²) in [4.78, 5) is 15.7. The van der Waals surface area contributed by atoms with Crippen LogP contribution in [0.15, 0.2) is 182 Å². The molecule has 10 aromatic rings. The molecule has 4 heteroatoms. The smallest absolute Gasteiger partial charge is 0.238 e. The first kappa shape index (κ1) is 29.4. The summed E-state index contributed by atoms with van der Waals surface area (Å²) in [5, 5.41) is 5.00. The van der Waals surface area contributed by atoms with Gasteiger partial charge in [-0.2, -0.15) is 9.97 Å². The molecule has 0 atom stereocenters. The van der Waals surface area contributed by atoms with Gasteiger partial charge in [0.1, 0.15) is 0 Å².